The zero-order chi connectivity index (χ0) is 21.6. The van der Waals surface area contributed by atoms with Crippen molar-refractivity contribution < 1.29 is 9.47 Å². The van der Waals surface area contributed by atoms with Gasteiger partial charge in [0.15, 0.2) is 4.80 Å². The molecule has 0 atom stereocenters. The molecule has 1 aromatic heterocycles. The third-order valence-electron chi connectivity index (χ3n) is 5.71. The highest BCUT2D eigenvalue weighted by Gasteiger charge is 2.13. The number of morpholine rings is 1. The number of thiazole rings is 1. The van der Waals surface area contributed by atoms with Gasteiger partial charge in [-0.3, -0.25) is 4.90 Å². The van der Waals surface area contributed by atoms with E-state index in [2.05, 4.69) is 53.0 Å². The fraction of sp³-hybridized carbons (Fsp3) is 0.400. The van der Waals surface area contributed by atoms with Gasteiger partial charge in [0.25, 0.3) is 0 Å². The van der Waals surface area contributed by atoms with Gasteiger partial charge in [0.2, 0.25) is 0 Å². The molecular formula is C25H31N3O2S. The number of hydrogen-bond donors (Lipinski definition) is 0. The molecule has 1 aliphatic heterocycles. The SMILES string of the molecule is COc1ccc(N=c2scc(-c3ccc(C(C)C)cc3)n2CCN2CCOCC2)cc1. The first-order valence-electron chi connectivity index (χ1n) is 10.9. The van der Waals surface area contributed by atoms with Crippen LogP contribution in [-0.4, -0.2) is 49.4 Å². The average molecular weight is 438 g/mol. The molecular weight excluding hydrogens is 406 g/mol. The Morgan fingerprint density at radius 2 is 1.71 bits per heavy atom. The number of ether oxygens (including phenoxy) is 2. The van der Waals surface area contributed by atoms with E-state index in [1.165, 1.54) is 16.8 Å². The van der Waals surface area contributed by atoms with E-state index in [9.17, 15) is 0 Å². The number of nitrogens with zero attached hydrogens (tertiary/aromatic N) is 3. The maximum Gasteiger partial charge on any atom is 0.190 e. The highest BCUT2D eigenvalue weighted by Crippen LogP contribution is 2.24. The first-order valence-corrected chi connectivity index (χ1v) is 11.8. The second-order valence-corrected chi connectivity index (χ2v) is 8.93. The van der Waals surface area contributed by atoms with Gasteiger partial charge in [0.05, 0.1) is 31.7 Å². The summed E-state index contributed by atoms with van der Waals surface area (Å²) in [5, 5.41) is 2.23. The van der Waals surface area contributed by atoms with E-state index < -0.39 is 0 Å². The van der Waals surface area contributed by atoms with Crippen molar-refractivity contribution in [2.75, 3.05) is 40.0 Å². The second-order valence-electron chi connectivity index (χ2n) is 8.10. The molecule has 6 heteroatoms. The number of methoxy groups -OCH3 is 1. The van der Waals surface area contributed by atoms with Crippen molar-refractivity contribution in [2.24, 2.45) is 4.99 Å². The van der Waals surface area contributed by atoms with Gasteiger partial charge < -0.3 is 14.0 Å². The highest BCUT2D eigenvalue weighted by atomic mass is 32.1. The second kappa shape index (κ2) is 10.3. The Balaban J connectivity index is 1.67. The molecule has 0 N–H and O–H groups in total. The van der Waals surface area contributed by atoms with Crippen LogP contribution < -0.4 is 9.54 Å². The molecule has 0 radical (unpaired) electrons. The quantitative estimate of drug-likeness (QED) is 0.527. The molecule has 1 aliphatic rings. The molecule has 2 heterocycles. The number of rotatable bonds is 7. The summed E-state index contributed by atoms with van der Waals surface area (Å²) in [7, 11) is 1.68. The summed E-state index contributed by atoms with van der Waals surface area (Å²) in [4.78, 5) is 8.44. The van der Waals surface area contributed by atoms with Crippen LogP contribution in [0.4, 0.5) is 5.69 Å². The van der Waals surface area contributed by atoms with Gasteiger partial charge in [-0.2, -0.15) is 0 Å². The summed E-state index contributed by atoms with van der Waals surface area (Å²) < 4.78 is 13.1. The minimum atomic E-state index is 0.533. The molecule has 3 aromatic rings. The minimum absolute atomic E-state index is 0.533. The predicted molar refractivity (Wildman–Crippen MR) is 127 cm³/mol. The topological polar surface area (TPSA) is 39.0 Å². The molecule has 1 saturated heterocycles. The fourth-order valence-corrected chi connectivity index (χ4v) is 4.69. The molecule has 0 unspecified atom stereocenters. The van der Waals surface area contributed by atoms with Gasteiger partial charge in [0, 0.05) is 31.6 Å². The Labute approximate surface area is 188 Å². The Morgan fingerprint density at radius 3 is 2.35 bits per heavy atom. The van der Waals surface area contributed by atoms with Crippen LogP contribution in [0.5, 0.6) is 5.75 Å². The van der Waals surface area contributed by atoms with E-state index in [4.69, 9.17) is 14.5 Å². The smallest absolute Gasteiger partial charge is 0.190 e. The summed E-state index contributed by atoms with van der Waals surface area (Å²) in [6.45, 7) is 9.98. The lowest BCUT2D eigenvalue weighted by Crippen LogP contribution is -2.39. The summed E-state index contributed by atoms with van der Waals surface area (Å²) in [5.74, 6) is 1.38. The van der Waals surface area contributed by atoms with Crippen LogP contribution in [0.2, 0.25) is 0 Å². The molecule has 0 bridgehead atoms. The first kappa shape index (κ1) is 21.8. The van der Waals surface area contributed by atoms with Crippen molar-refractivity contribution >= 4 is 17.0 Å². The lowest BCUT2D eigenvalue weighted by molar-refractivity contribution is 0.0363. The third kappa shape index (κ3) is 5.45. The maximum atomic E-state index is 5.51. The maximum absolute atomic E-state index is 5.51. The monoisotopic (exact) mass is 437 g/mol. The summed E-state index contributed by atoms with van der Waals surface area (Å²) in [6.07, 6.45) is 0. The number of benzene rings is 2. The molecule has 0 spiro atoms. The minimum Gasteiger partial charge on any atom is -0.497 e. The molecule has 31 heavy (non-hydrogen) atoms. The van der Waals surface area contributed by atoms with Gasteiger partial charge in [-0.1, -0.05) is 38.1 Å². The summed E-state index contributed by atoms with van der Waals surface area (Å²) >= 11 is 1.69. The summed E-state index contributed by atoms with van der Waals surface area (Å²) in [6, 6.07) is 16.9. The van der Waals surface area contributed by atoms with Crippen molar-refractivity contribution in [1.82, 2.24) is 9.47 Å². The third-order valence-corrected chi connectivity index (χ3v) is 6.58. The van der Waals surface area contributed by atoms with E-state index >= 15 is 0 Å². The molecule has 164 valence electrons. The first-order chi connectivity index (χ1) is 15.1. The normalized spacial score (nSPS) is 15.5. The van der Waals surface area contributed by atoms with Crippen LogP contribution in [-0.2, 0) is 11.3 Å². The van der Waals surface area contributed by atoms with E-state index in [1.807, 2.05) is 24.3 Å². The average Bonchev–Trinajstić information content (AvgIpc) is 3.21. The Hall–Kier alpha value is -2.41. The van der Waals surface area contributed by atoms with Crippen molar-refractivity contribution in [1.29, 1.82) is 0 Å². The molecule has 1 fully saturated rings. The zero-order valence-corrected chi connectivity index (χ0v) is 19.4. The Bertz CT molecular complexity index is 1030. The summed E-state index contributed by atoms with van der Waals surface area (Å²) in [5.41, 5.74) is 4.76. The van der Waals surface area contributed by atoms with Crippen LogP contribution in [0.15, 0.2) is 58.9 Å². The lowest BCUT2D eigenvalue weighted by Gasteiger charge is -2.26. The van der Waals surface area contributed by atoms with Gasteiger partial charge in [-0.15, -0.1) is 11.3 Å². The van der Waals surface area contributed by atoms with Crippen molar-refractivity contribution in [2.45, 2.75) is 26.3 Å². The number of aromatic nitrogens is 1. The van der Waals surface area contributed by atoms with Gasteiger partial charge >= 0.3 is 0 Å². The van der Waals surface area contributed by atoms with Crippen LogP contribution in [0.25, 0.3) is 11.3 Å². The molecule has 0 amide bonds. The van der Waals surface area contributed by atoms with E-state index in [1.54, 1.807) is 18.4 Å². The van der Waals surface area contributed by atoms with Gasteiger partial charge in [0.1, 0.15) is 5.75 Å². The van der Waals surface area contributed by atoms with Gasteiger partial charge in [-0.25, -0.2) is 4.99 Å². The van der Waals surface area contributed by atoms with Crippen LogP contribution in [0.1, 0.15) is 25.3 Å². The van der Waals surface area contributed by atoms with Crippen LogP contribution in [0.3, 0.4) is 0 Å². The van der Waals surface area contributed by atoms with Crippen molar-refractivity contribution in [3.63, 3.8) is 0 Å². The van der Waals surface area contributed by atoms with Crippen LogP contribution >= 0.6 is 11.3 Å². The molecule has 4 rings (SSSR count). The van der Waals surface area contributed by atoms with Crippen molar-refractivity contribution in [3.05, 3.63) is 64.3 Å². The van der Waals surface area contributed by atoms with Gasteiger partial charge in [-0.05, 0) is 41.3 Å². The number of hydrogen-bond acceptors (Lipinski definition) is 5. The fourth-order valence-electron chi connectivity index (χ4n) is 3.74. The lowest BCUT2D eigenvalue weighted by atomic mass is 10.0. The van der Waals surface area contributed by atoms with E-state index in [0.29, 0.717) is 5.92 Å². The molecule has 0 saturated carbocycles. The Morgan fingerprint density at radius 1 is 1.00 bits per heavy atom. The van der Waals surface area contributed by atoms with E-state index in [0.717, 1.165) is 55.6 Å². The zero-order valence-electron chi connectivity index (χ0n) is 18.6. The standard InChI is InChI=1S/C25H31N3O2S/c1-19(2)20-4-6-21(7-5-20)24-18-31-25(26-22-8-10-23(29-3)11-9-22)28(24)13-12-27-14-16-30-17-15-27/h4-11,18-19H,12-17H2,1-3H3. The predicted octanol–water partition coefficient (Wildman–Crippen LogP) is 4.91. The largest absolute Gasteiger partial charge is 0.497 e. The molecule has 0 aliphatic carbocycles. The van der Waals surface area contributed by atoms with Crippen molar-refractivity contribution in [3.8, 4) is 17.0 Å². The molecule has 5 nitrogen and oxygen atoms in total. The van der Waals surface area contributed by atoms with Crippen LogP contribution in [0, 0.1) is 0 Å². The highest BCUT2D eigenvalue weighted by molar-refractivity contribution is 7.07. The van der Waals surface area contributed by atoms with E-state index in [-0.39, 0.29) is 0 Å². The Kier molecular flexibility index (Phi) is 7.22. The molecule has 2 aromatic carbocycles.